The van der Waals surface area contributed by atoms with Crippen LogP contribution in [0, 0.1) is 0 Å². The summed E-state index contributed by atoms with van der Waals surface area (Å²) in [5, 5.41) is 3.54. The Morgan fingerprint density at radius 1 is 1.38 bits per heavy atom. The fourth-order valence-electron chi connectivity index (χ4n) is 2.04. The summed E-state index contributed by atoms with van der Waals surface area (Å²) in [6.07, 6.45) is 2.69. The Hall–Kier alpha value is -0.0800. The maximum atomic E-state index is 3.54. The summed E-state index contributed by atoms with van der Waals surface area (Å²) in [5.41, 5.74) is 0.341. The van der Waals surface area contributed by atoms with Crippen molar-refractivity contribution < 1.29 is 0 Å². The van der Waals surface area contributed by atoms with E-state index in [-0.39, 0.29) is 0 Å². The summed E-state index contributed by atoms with van der Waals surface area (Å²) in [6, 6.07) is 0.720. The molecule has 1 saturated heterocycles. The summed E-state index contributed by atoms with van der Waals surface area (Å²) in [7, 11) is 0. The zero-order chi connectivity index (χ0) is 9.90. The lowest BCUT2D eigenvalue weighted by molar-refractivity contribution is 0.0913. The molecule has 0 aromatic heterocycles. The molecule has 1 rings (SSSR count). The Labute approximate surface area is 82.7 Å². The standard InChI is InChI=1S/C11H24N2/c1-5-12-10-7-6-8-13(9-10)11(2,3)4/h10,12H,5-9H2,1-4H3. The third-order valence-electron chi connectivity index (χ3n) is 2.86. The van der Waals surface area contributed by atoms with Gasteiger partial charge in [0.2, 0.25) is 0 Å². The molecule has 0 spiro atoms. The van der Waals surface area contributed by atoms with Crippen LogP contribution in [-0.4, -0.2) is 36.1 Å². The Kier molecular flexibility index (Phi) is 3.74. The van der Waals surface area contributed by atoms with Crippen molar-refractivity contribution in [3.8, 4) is 0 Å². The lowest BCUT2D eigenvalue weighted by Crippen LogP contribution is -2.52. The molecule has 1 fully saturated rings. The molecule has 1 N–H and O–H groups in total. The first-order valence-corrected chi connectivity index (χ1v) is 5.52. The highest BCUT2D eigenvalue weighted by Crippen LogP contribution is 2.19. The average Bonchev–Trinajstić information content (AvgIpc) is 2.04. The Balaban J connectivity index is 2.42. The summed E-state index contributed by atoms with van der Waals surface area (Å²) in [6.45, 7) is 12.7. The van der Waals surface area contributed by atoms with Crippen molar-refractivity contribution in [2.24, 2.45) is 0 Å². The highest BCUT2D eigenvalue weighted by atomic mass is 15.2. The molecular formula is C11H24N2. The maximum Gasteiger partial charge on any atom is 0.0195 e. The molecule has 0 aliphatic carbocycles. The molecule has 0 aromatic carbocycles. The Morgan fingerprint density at radius 2 is 2.08 bits per heavy atom. The average molecular weight is 184 g/mol. The van der Waals surface area contributed by atoms with Gasteiger partial charge >= 0.3 is 0 Å². The van der Waals surface area contributed by atoms with Crippen molar-refractivity contribution >= 4 is 0 Å². The van der Waals surface area contributed by atoms with Crippen molar-refractivity contribution in [1.29, 1.82) is 0 Å². The van der Waals surface area contributed by atoms with E-state index in [1.807, 2.05) is 0 Å². The molecule has 13 heavy (non-hydrogen) atoms. The van der Waals surface area contributed by atoms with Gasteiger partial charge in [-0.2, -0.15) is 0 Å². The second-order valence-corrected chi connectivity index (χ2v) is 5.01. The van der Waals surface area contributed by atoms with Crippen molar-refractivity contribution in [2.75, 3.05) is 19.6 Å². The molecule has 0 radical (unpaired) electrons. The van der Waals surface area contributed by atoms with Gasteiger partial charge in [-0.05, 0) is 46.7 Å². The van der Waals surface area contributed by atoms with Crippen LogP contribution in [0.1, 0.15) is 40.5 Å². The second-order valence-electron chi connectivity index (χ2n) is 5.01. The number of nitrogens with zero attached hydrogens (tertiary/aromatic N) is 1. The minimum atomic E-state index is 0.341. The first kappa shape index (κ1) is 11.0. The lowest BCUT2D eigenvalue weighted by Gasteiger charge is -2.41. The minimum Gasteiger partial charge on any atom is -0.313 e. The summed E-state index contributed by atoms with van der Waals surface area (Å²) in [4.78, 5) is 2.59. The van der Waals surface area contributed by atoms with Crippen LogP contribution in [0.5, 0.6) is 0 Å². The van der Waals surface area contributed by atoms with E-state index in [0.29, 0.717) is 5.54 Å². The highest BCUT2D eigenvalue weighted by molar-refractivity contribution is 4.85. The Bertz CT molecular complexity index is 147. The summed E-state index contributed by atoms with van der Waals surface area (Å²) in [5.74, 6) is 0. The van der Waals surface area contributed by atoms with Crippen LogP contribution in [0.2, 0.25) is 0 Å². The number of hydrogen-bond donors (Lipinski definition) is 1. The molecule has 2 heteroatoms. The quantitative estimate of drug-likeness (QED) is 0.704. The molecule has 0 bridgehead atoms. The van der Waals surface area contributed by atoms with Crippen LogP contribution >= 0.6 is 0 Å². The van der Waals surface area contributed by atoms with Crippen molar-refractivity contribution in [3.63, 3.8) is 0 Å². The van der Waals surface area contributed by atoms with Gasteiger partial charge in [-0.3, -0.25) is 4.90 Å². The third kappa shape index (κ3) is 3.28. The predicted octanol–water partition coefficient (Wildman–Crippen LogP) is 1.86. The van der Waals surface area contributed by atoms with Gasteiger partial charge in [0.25, 0.3) is 0 Å². The molecule has 1 heterocycles. The number of nitrogens with one attached hydrogen (secondary N) is 1. The van der Waals surface area contributed by atoms with Gasteiger partial charge in [0.05, 0.1) is 0 Å². The molecule has 0 amide bonds. The van der Waals surface area contributed by atoms with Gasteiger partial charge in [0, 0.05) is 18.1 Å². The van der Waals surface area contributed by atoms with Gasteiger partial charge in [0.15, 0.2) is 0 Å². The van der Waals surface area contributed by atoms with E-state index < -0.39 is 0 Å². The zero-order valence-electron chi connectivity index (χ0n) is 9.56. The number of piperidine rings is 1. The van der Waals surface area contributed by atoms with Crippen LogP contribution in [0.25, 0.3) is 0 Å². The van der Waals surface area contributed by atoms with Crippen LogP contribution in [0.3, 0.4) is 0 Å². The van der Waals surface area contributed by atoms with Crippen molar-refractivity contribution in [3.05, 3.63) is 0 Å². The lowest BCUT2D eigenvalue weighted by atomic mass is 9.98. The molecular weight excluding hydrogens is 160 g/mol. The van der Waals surface area contributed by atoms with E-state index in [1.54, 1.807) is 0 Å². The van der Waals surface area contributed by atoms with E-state index in [1.165, 1.54) is 25.9 Å². The summed E-state index contributed by atoms with van der Waals surface area (Å²) < 4.78 is 0. The number of rotatable bonds is 2. The highest BCUT2D eigenvalue weighted by Gasteiger charge is 2.26. The summed E-state index contributed by atoms with van der Waals surface area (Å²) >= 11 is 0. The molecule has 1 unspecified atom stereocenters. The topological polar surface area (TPSA) is 15.3 Å². The first-order valence-electron chi connectivity index (χ1n) is 5.52. The van der Waals surface area contributed by atoms with Gasteiger partial charge in [-0.15, -0.1) is 0 Å². The normalized spacial score (nSPS) is 26.3. The fourth-order valence-corrected chi connectivity index (χ4v) is 2.04. The van der Waals surface area contributed by atoms with Crippen LogP contribution < -0.4 is 5.32 Å². The third-order valence-corrected chi connectivity index (χ3v) is 2.86. The maximum absolute atomic E-state index is 3.54. The van der Waals surface area contributed by atoms with Gasteiger partial charge < -0.3 is 5.32 Å². The molecule has 1 aliphatic rings. The van der Waals surface area contributed by atoms with E-state index in [4.69, 9.17) is 0 Å². The van der Waals surface area contributed by atoms with Crippen molar-refractivity contribution in [2.45, 2.75) is 52.1 Å². The first-order chi connectivity index (χ1) is 6.04. The van der Waals surface area contributed by atoms with E-state index in [9.17, 15) is 0 Å². The second kappa shape index (κ2) is 4.43. The SMILES string of the molecule is CCNC1CCCN(C(C)(C)C)C1. The van der Waals surface area contributed by atoms with E-state index in [0.717, 1.165) is 12.6 Å². The van der Waals surface area contributed by atoms with Crippen molar-refractivity contribution in [1.82, 2.24) is 10.2 Å². The smallest absolute Gasteiger partial charge is 0.0195 e. The van der Waals surface area contributed by atoms with Gasteiger partial charge in [-0.1, -0.05) is 6.92 Å². The molecule has 0 aromatic rings. The molecule has 1 aliphatic heterocycles. The van der Waals surface area contributed by atoms with Crippen LogP contribution in [0.15, 0.2) is 0 Å². The monoisotopic (exact) mass is 184 g/mol. The van der Waals surface area contributed by atoms with Crippen LogP contribution in [-0.2, 0) is 0 Å². The molecule has 2 nitrogen and oxygen atoms in total. The molecule has 1 atom stereocenters. The number of hydrogen-bond acceptors (Lipinski definition) is 2. The zero-order valence-corrected chi connectivity index (χ0v) is 9.56. The van der Waals surface area contributed by atoms with Crippen LogP contribution in [0.4, 0.5) is 0 Å². The van der Waals surface area contributed by atoms with Gasteiger partial charge in [-0.25, -0.2) is 0 Å². The fraction of sp³-hybridized carbons (Fsp3) is 1.00. The number of likely N-dealkylation sites (tertiary alicyclic amines) is 1. The predicted molar refractivity (Wildman–Crippen MR) is 58.0 cm³/mol. The largest absolute Gasteiger partial charge is 0.313 e. The van der Waals surface area contributed by atoms with Gasteiger partial charge in [0.1, 0.15) is 0 Å². The number of likely N-dealkylation sites (N-methyl/N-ethyl adjacent to an activating group) is 1. The minimum absolute atomic E-state index is 0.341. The Morgan fingerprint density at radius 3 is 2.62 bits per heavy atom. The molecule has 78 valence electrons. The van der Waals surface area contributed by atoms with E-state index in [2.05, 4.69) is 37.9 Å². The van der Waals surface area contributed by atoms with E-state index >= 15 is 0 Å². The molecule has 0 saturated carbocycles.